The summed E-state index contributed by atoms with van der Waals surface area (Å²) in [5, 5.41) is 13.9. The lowest BCUT2D eigenvalue weighted by atomic mass is 9.67. The van der Waals surface area contributed by atoms with Gasteiger partial charge in [0.25, 0.3) is 5.69 Å². The summed E-state index contributed by atoms with van der Waals surface area (Å²) < 4.78 is 4.97. The van der Waals surface area contributed by atoms with E-state index in [-0.39, 0.29) is 24.4 Å². The van der Waals surface area contributed by atoms with Crippen molar-refractivity contribution in [2.75, 3.05) is 7.11 Å². The van der Waals surface area contributed by atoms with Gasteiger partial charge in [0.2, 0.25) is 5.91 Å². The first-order valence-corrected chi connectivity index (χ1v) is 12.2. The zero-order valence-electron chi connectivity index (χ0n) is 20.9. The van der Waals surface area contributed by atoms with E-state index in [1.165, 1.54) is 19.2 Å². The van der Waals surface area contributed by atoms with Gasteiger partial charge < -0.3 is 10.1 Å². The van der Waals surface area contributed by atoms with Crippen molar-refractivity contribution in [3.63, 3.8) is 0 Å². The first-order chi connectivity index (χ1) is 18.4. The van der Waals surface area contributed by atoms with Crippen LogP contribution in [0.15, 0.2) is 115 Å². The number of carbonyl (C=O) groups is 2. The number of nitro benzene ring substituents is 1. The molecule has 4 aromatic carbocycles. The Hall–Kier alpha value is -4.78. The molecule has 0 radical (unpaired) electrons. The van der Waals surface area contributed by atoms with Crippen LogP contribution in [0.1, 0.15) is 28.7 Å². The second-order valence-electron chi connectivity index (χ2n) is 8.95. The average molecular weight is 509 g/mol. The highest BCUT2D eigenvalue weighted by molar-refractivity contribution is 5.86. The highest BCUT2D eigenvalue weighted by atomic mass is 16.6. The Kier molecular flexibility index (Phi) is 8.28. The van der Waals surface area contributed by atoms with Crippen molar-refractivity contribution in [1.29, 1.82) is 0 Å². The van der Waals surface area contributed by atoms with E-state index in [0.717, 1.165) is 16.7 Å². The summed E-state index contributed by atoms with van der Waals surface area (Å²) in [6.45, 7) is 0. The van der Waals surface area contributed by atoms with E-state index in [4.69, 9.17) is 4.74 Å². The number of hydrogen-bond donors (Lipinski definition) is 1. The van der Waals surface area contributed by atoms with E-state index in [9.17, 15) is 19.7 Å². The highest BCUT2D eigenvalue weighted by Gasteiger charge is 2.39. The van der Waals surface area contributed by atoms with Crippen LogP contribution in [0.25, 0.3) is 0 Å². The molecule has 1 N–H and O–H groups in total. The van der Waals surface area contributed by atoms with Gasteiger partial charge in [0.05, 0.1) is 17.4 Å². The van der Waals surface area contributed by atoms with Crippen LogP contribution in [0.2, 0.25) is 0 Å². The van der Waals surface area contributed by atoms with Gasteiger partial charge >= 0.3 is 5.97 Å². The fourth-order valence-electron chi connectivity index (χ4n) is 4.79. The van der Waals surface area contributed by atoms with Crippen LogP contribution in [0.5, 0.6) is 0 Å². The molecule has 38 heavy (non-hydrogen) atoms. The Morgan fingerprint density at radius 3 is 1.63 bits per heavy atom. The molecule has 0 saturated carbocycles. The molecule has 7 nitrogen and oxygen atoms in total. The number of nitro groups is 1. The first-order valence-electron chi connectivity index (χ1n) is 12.2. The van der Waals surface area contributed by atoms with E-state index in [2.05, 4.69) is 5.32 Å². The van der Waals surface area contributed by atoms with E-state index < -0.39 is 22.3 Å². The molecule has 0 heterocycles. The lowest BCUT2D eigenvalue weighted by Crippen LogP contribution is -2.46. The third kappa shape index (κ3) is 5.78. The first kappa shape index (κ1) is 26.3. The number of methoxy groups -OCH3 is 1. The van der Waals surface area contributed by atoms with Crippen molar-refractivity contribution in [1.82, 2.24) is 5.32 Å². The summed E-state index contributed by atoms with van der Waals surface area (Å²) in [5.74, 6) is -0.930. The van der Waals surface area contributed by atoms with Gasteiger partial charge in [-0.25, -0.2) is 4.79 Å². The fraction of sp³-hybridized carbons (Fsp3) is 0.161. The Balaban J connectivity index is 1.70. The number of esters is 1. The molecule has 0 fully saturated rings. The summed E-state index contributed by atoms with van der Waals surface area (Å²) in [4.78, 5) is 36.9. The Labute approximate surface area is 221 Å². The minimum absolute atomic E-state index is 0.0405. The second kappa shape index (κ2) is 12.0. The second-order valence-corrected chi connectivity index (χ2v) is 8.95. The number of nitrogens with one attached hydrogen (secondary N) is 1. The number of nitrogens with zero attached hydrogens (tertiary/aromatic N) is 1. The molecule has 0 spiro atoms. The van der Waals surface area contributed by atoms with Crippen molar-refractivity contribution in [3.05, 3.63) is 148 Å². The van der Waals surface area contributed by atoms with E-state index in [1.54, 1.807) is 12.1 Å². The van der Waals surface area contributed by atoms with Gasteiger partial charge in [0.15, 0.2) is 0 Å². The molecule has 0 aliphatic rings. The van der Waals surface area contributed by atoms with Crippen LogP contribution in [0, 0.1) is 10.1 Å². The largest absolute Gasteiger partial charge is 0.467 e. The molecule has 192 valence electrons. The van der Waals surface area contributed by atoms with Gasteiger partial charge in [-0.05, 0) is 22.3 Å². The maximum absolute atomic E-state index is 13.7. The molecule has 1 amide bonds. The predicted octanol–water partition coefficient (Wildman–Crippen LogP) is 5.22. The summed E-state index contributed by atoms with van der Waals surface area (Å²) in [6, 6.07) is 34.4. The van der Waals surface area contributed by atoms with Crippen molar-refractivity contribution in [3.8, 4) is 0 Å². The molecule has 4 rings (SSSR count). The number of hydrogen-bond acceptors (Lipinski definition) is 5. The van der Waals surface area contributed by atoms with Crippen LogP contribution < -0.4 is 5.32 Å². The van der Waals surface area contributed by atoms with E-state index >= 15 is 0 Å². The van der Waals surface area contributed by atoms with Gasteiger partial charge in [0.1, 0.15) is 6.04 Å². The zero-order valence-corrected chi connectivity index (χ0v) is 20.9. The normalized spacial score (nSPS) is 11.8. The predicted molar refractivity (Wildman–Crippen MR) is 145 cm³/mol. The topological polar surface area (TPSA) is 98.5 Å². The molecule has 0 unspecified atom stereocenters. The minimum atomic E-state index is -0.964. The van der Waals surface area contributed by atoms with Crippen molar-refractivity contribution >= 4 is 17.6 Å². The van der Waals surface area contributed by atoms with Crippen LogP contribution in [0.3, 0.4) is 0 Å². The number of carbonyl (C=O) groups excluding carboxylic acids is 2. The Morgan fingerprint density at radius 2 is 1.24 bits per heavy atom. The molecule has 0 bridgehead atoms. The molecule has 0 aliphatic heterocycles. The molecule has 7 heteroatoms. The molecule has 0 aliphatic carbocycles. The summed E-state index contributed by atoms with van der Waals surface area (Å²) >= 11 is 0. The smallest absolute Gasteiger partial charge is 0.328 e. The molecule has 4 aromatic rings. The quantitative estimate of drug-likeness (QED) is 0.137. The fourth-order valence-corrected chi connectivity index (χ4v) is 4.79. The molecule has 0 aromatic heterocycles. The Bertz CT molecular complexity index is 1280. The van der Waals surface area contributed by atoms with Gasteiger partial charge in [-0.3, -0.25) is 14.9 Å². The van der Waals surface area contributed by atoms with Crippen molar-refractivity contribution < 1.29 is 19.2 Å². The highest BCUT2D eigenvalue weighted by Crippen LogP contribution is 2.42. The third-order valence-electron chi connectivity index (χ3n) is 6.63. The molecule has 0 saturated heterocycles. The summed E-state index contributed by atoms with van der Waals surface area (Å²) in [6.07, 6.45) is 0.171. The lowest BCUT2D eigenvalue weighted by molar-refractivity contribution is -0.384. The molecule has 1 atom stereocenters. The van der Waals surface area contributed by atoms with E-state index in [1.807, 2.05) is 91.0 Å². The summed E-state index contributed by atoms with van der Waals surface area (Å²) in [7, 11) is 1.26. The lowest BCUT2D eigenvalue weighted by Gasteiger charge is -2.36. The van der Waals surface area contributed by atoms with Crippen molar-refractivity contribution in [2.24, 2.45) is 0 Å². The number of benzene rings is 4. The van der Waals surface area contributed by atoms with Crippen LogP contribution >= 0.6 is 0 Å². The number of amides is 1. The maximum atomic E-state index is 13.7. The van der Waals surface area contributed by atoms with Gasteiger partial charge in [-0.1, -0.05) is 103 Å². The van der Waals surface area contributed by atoms with Crippen LogP contribution in [-0.4, -0.2) is 30.0 Å². The zero-order chi connectivity index (χ0) is 27.0. The molecular weight excluding hydrogens is 480 g/mol. The van der Waals surface area contributed by atoms with Gasteiger partial charge in [0, 0.05) is 25.0 Å². The maximum Gasteiger partial charge on any atom is 0.328 e. The standard InChI is InChI=1S/C31H28N2O5/c1-38-30(35)28(21-23-17-19-27(20-18-23)33(36)37)32-29(34)22-31(24-11-5-2-6-12-24,25-13-7-3-8-14-25)26-15-9-4-10-16-26/h2-20,28H,21-22H2,1H3,(H,32,34)/t28-/m1/s1. The summed E-state index contributed by atoms with van der Waals surface area (Å²) in [5.41, 5.74) is 2.62. The molecular formula is C31H28N2O5. The SMILES string of the molecule is COC(=O)[C@@H](Cc1ccc([N+](=O)[O-])cc1)NC(=O)CC(c1ccccc1)(c1ccccc1)c1ccccc1. The number of non-ortho nitro benzene ring substituents is 1. The van der Waals surface area contributed by atoms with Gasteiger partial charge in [-0.15, -0.1) is 0 Å². The van der Waals surface area contributed by atoms with Gasteiger partial charge in [-0.2, -0.15) is 0 Å². The van der Waals surface area contributed by atoms with Crippen LogP contribution in [0.4, 0.5) is 5.69 Å². The third-order valence-corrected chi connectivity index (χ3v) is 6.63. The average Bonchev–Trinajstić information content (AvgIpc) is 2.97. The number of ether oxygens (including phenoxy) is 1. The van der Waals surface area contributed by atoms with Crippen LogP contribution in [-0.2, 0) is 26.2 Å². The van der Waals surface area contributed by atoms with Crippen molar-refractivity contribution in [2.45, 2.75) is 24.3 Å². The number of rotatable bonds is 10. The van der Waals surface area contributed by atoms with E-state index in [0.29, 0.717) is 5.56 Å². The monoisotopic (exact) mass is 508 g/mol. The minimum Gasteiger partial charge on any atom is -0.467 e. The Morgan fingerprint density at radius 1 is 0.789 bits per heavy atom.